The van der Waals surface area contributed by atoms with Crippen molar-refractivity contribution >= 4 is 45.9 Å². The van der Waals surface area contributed by atoms with E-state index >= 15 is 0 Å². The van der Waals surface area contributed by atoms with Crippen molar-refractivity contribution in [1.29, 1.82) is 0 Å². The van der Waals surface area contributed by atoms with Crippen LogP contribution in [0.4, 0.5) is 5.69 Å². The highest BCUT2D eigenvalue weighted by Gasteiger charge is 2.23. The van der Waals surface area contributed by atoms with Gasteiger partial charge in [-0.3, -0.25) is 4.79 Å². The monoisotopic (exact) mass is 445 g/mol. The predicted molar refractivity (Wildman–Crippen MR) is 102 cm³/mol. The highest BCUT2D eigenvalue weighted by atomic mass is 127. The topological polar surface area (TPSA) is 85.8 Å². The molecule has 2 rings (SSSR count). The summed E-state index contributed by atoms with van der Waals surface area (Å²) in [4.78, 5) is 12.1. The number of halogens is 1. The van der Waals surface area contributed by atoms with Crippen LogP contribution in [0.1, 0.15) is 32.2 Å². The van der Waals surface area contributed by atoms with Crippen LogP contribution < -0.4 is 11.2 Å². The van der Waals surface area contributed by atoms with Gasteiger partial charge in [0.15, 0.2) is 5.82 Å². The Hall–Kier alpha value is -1.29. The van der Waals surface area contributed by atoms with E-state index in [0.717, 1.165) is 14.8 Å². The molecule has 0 fully saturated rings. The molecule has 0 radical (unpaired) electrons. The van der Waals surface area contributed by atoms with Gasteiger partial charge in [0.25, 0.3) is 0 Å². The summed E-state index contributed by atoms with van der Waals surface area (Å²) < 4.78 is 2.59. The molecule has 3 N–H and O–H groups in total. The standard InChI is InChI=1S/C15H20IN5OS/c1-9-7-10(16)5-6-11(9)18-12(22)8-23-14-20-19-13(21(14)17)15(2,3)4/h5-7H,8,17H2,1-4H3,(H,18,22). The van der Waals surface area contributed by atoms with Crippen molar-refractivity contribution < 1.29 is 4.79 Å². The van der Waals surface area contributed by atoms with E-state index in [-0.39, 0.29) is 17.1 Å². The van der Waals surface area contributed by atoms with Gasteiger partial charge in [-0.1, -0.05) is 32.5 Å². The number of hydrogen-bond donors (Lipinski definition) is 2. The minimum absolute atomic E-state index is 0.0976. The van der Waals surface area contributed by atoms with E-state index in [1.54, 1.807) is 0 Å². The van der Waals surface area contributed by atoms with Gasteiger partial charge in [-0.25, -0.2) is 4.68 Å². The first kappa shape index (κ1) is 18.1. The fraction of sp³-hybridized carbons (Fsp3) is 0.400. The van der Waals surface area contributed by atoms with Crippen LogP contribution in [0.15, 0.2) is 23.4 Å². The molecule has 0 atom stereocenters. The van der Waals surface area contributed by atoms with Crippen LogP contribution in [0.2, 0.25) is 0 Å². The van der Waals surface area contributed by atoms with Crippen LogP contribution in [0.5, 0.6) is 0 Å². The lowest BCUT2D eigenvalue weighted by Gasteiger charge is -2.16. The van der Waals surface area contributed by atoms with Gasteiger partial charge in [-0.15, -0.1) is 10.2 Å². The lowest BCUT2D eigenvalue weighted by Crippen LogP contribution is -2.24. The van der Waals surface area contributed by atoms with Crippen molar-refractivity contribution in [3.63, 3.8) is 0 Å². The average molecular weight is 445 g/mol. The lowest BCUT2D eigenvalue weighted by molar-refractivity contribution is -0.113. The molecule has 2 aromatic rings. The van der Waals surface area contributed by atoms with Gasteiger partial charge in [0, 0.05) is 14.7 Å². The van der Waals surface area contributed by atoms with E-state index in [0.29, 0.717) is 11.0 Å². The number of aromatic nitrogens is 3. The van der Waals surface area contributed by atoms with Crippen molar-refractivity contribution in [3.05, 3.63) is 33.2 Å². The van der Waals surface area contributed by atoms with Crippen LogP contribution >= 0.6 is 34.4 Å². The number of carbonyl (C=O) groups excluding carboxylic acids is 1. The quantitative estimate of drug-likeness (QED) is 0.430. The Morgan fingerprint density at radius 1 is 1.39 bits per heavy atom. The zero-order valence-electron chi connectivity index (χ0n) is 13.6. The molecule has 0 saturated heterocycles. The molecule has 0 unspecified atom stereocenters. The SMILES string of the molecule is Cc1cc(I)ccc1NC(=O)CSc1nnc(C(C)(C)C)n1N. The van der Waals surface area contributed by atoms with Crippen molar-refractivity contribution in [2.45, 2.75) is 38.3 Å². The van der Waals surface area contributed by atoms with Gasteiger partial charge in [0.2, 0.25) is 11.1 Å². The molecular formula is C15H20IN5OS. The minimum Gasteiger partial charge on any atom is -0.336 e. The third kappa shape index (κ3) is 4.60. The van der Waals surface area contributed by atoms with E-state index in [4.69, 9.17) is 5.84 Å². The molecule has 0 aliphatic carbocycles. The lowest BCUT2D eigenvalue weighted by atomic mass is 9.96. The van der Waals surface area contributed by atoms with E-state index in [9.17, 15) is 4.79 Å². The first-order chi connectivity index (χ1) is 10.7. The van der Waals surface area contributed by atoms with Crippen LogP contribution in [-0.2, 0) is 10.2 Å². The predicted octanol–water partition coefficient (Wildman–Crippen LogP) is 2.93. The number of nitrogen functional groups attached to an aromatic ring is 1. The zero-order chi connectivity index (χ0) is 17.2. The highest BCUT2D eigenvalue weighted by molar-refractivity contribution is 14.1. The second-order valence-corrected chi connectivity index (χ2v) is 8.41. The van der Waals surface area contributed by atoms with E-state index < -0.39 is 0 Å². The van der Waals surface area contributed by atoms with Crippen LogP contribution in [-0.4, -0.2) is 26.5 Å². The third-order valence-electron chi connectivity index (χ3n) is 3.13. The molecule has 1 aromatic carbocycles. The molecule has 0 aliphatic rings. The molecule has 6 nitrogen and oxygen atoms in total. The van der Waals surface area contributed by atoms with Gasteiger partial charge in [-0.2, -0.15) is 0 Å². The summed E-state index contributed by atoms with van der Waals surface area (Å²) in [5, 5.41) is 11.6. The smallest absolute Gasteiger partial charge is 0.234 e. The van der Waals surface area contributed by atoms with Crippen molar-refractivity contribution in [2.24, 2.45) is 0 Å². The first-order valence-electron chi connectivity index (χ1n) is 7.08. The molecular weight excluding hydrogens is 425 g/mol. The Labute approximate surface area is 153 Å². The molecule has 124 valence electrons. The van der Waals surface area contributed by atoms with Gasteiger partial charge in [0.05, 0.1) is 5.75 Å². The Bertz CT molecular complexity index is 723. The number of anilines is 1. The van der Waals surface area contributed by atoms with Gasteiger partial charge in [-0.05, 0) is 53.3 Å². The molecule has 1 heterocycles. The maximum Gasteiger partial charge on any atom is 0.234 e. The fourth-order valence-corrected chi connectivity index (χ4v) is 3.27. The number of hydrogen-bond acceptors (Lipinski definition) is 5. The molecule has 8 heteroatoms. The summed E-state index contributed by atoms with van der Waals surface area (Å²) in [6.07, 6.45) is 0. The second kappa shape index (κ2) is 7.08. The number of aryl methyl sites for hydroxylation is 1. The highest BCUT2D eigenvalue weighted by Crippen LogP contribution is 2.23. The van der Waals surface area contributed by atoms with Crippen molar-refractivity contribution in [2.75, 3.05) is 16.9 Å². The summed E-state index contributed by atoms with van der Waals surface area (Å²) in [6.45, 7) is 8.01. The van der Waals surface area contributed by atoms with Crippen LogP contribution in [0.25, 0.3) is 0 Å². The summed E-state index contributed by atoms with van der Waals surface area (Å²) in [7, 11) is 0. The third-order valence-corrected chi connectivity index (χ3v) is 4.74. The Morgan fingerprint density at radius 2 is 2.09 bits per heavy atom. The molecule has 1 aromatic heterocycles. The summed E-state index contributed by atoms with van der Waals surface area (Å²) in [6, 6.07) is 5.89. The summed E-state index contributed by atoms with van der Waals surface area (Å²) in [5.41, 5.74) is 1.66. The van der Waals surface area contributed by atoms with Crippen molar-refractivity contribution in [1.82, 2.24) is 14.9 Å². The normalized spacial score (nSPS) is 11.5. The van der Waals surface area contributed by atoms with Gasteiger partial charge in [0.1, 0.15) is 0 Å². The van der Waals surface area contributed by atoms with E-state index in [1.807, 2.05) is 45.9 Å². The number of nitrogens with two attached hydrogens (primary N) is 1. The first-order valence-corrected chi connectivity index (χ1v) is 9.14. The Morgan fingerprint density at radius 3 is 2.65 bits per heavy atom. The molecule has 1 amide bonds. The van der Waals surface area contributed by atoms with E-state index in [1.165, 1.54) is 16.4 Å². The zero-order valence-corrected chi connectivity index (χ0v) is 16.5. The Kier molecular flexibility index (Phi) is 5.56. The molecule has 0 bridgehead atoms. The number of amides is 1. The maximum atomic E-state index is 12.1. The molecule has 23 heavy (non-hydrogen) atoms. The number of nitrogens with one attached hydrogen (secondary N) is 1. The molecule has 0 spiro atoms. The summed E-state index contributed by atoms with van der Waals surface area (Å²) in [5.74, 6) is 6.83. The fourth-order valence-electron chi connectivity index (χ4n) is 1.97. The van der Waals surface area contributed by atoms with Crippen LogP contribution in [0.3, 0.4) is 0 Å². The largest absolute Gasteiger partial charge is 0.336 e. The van der Waals surface area contributed by atoms with Crippen molar-refractivity contribution in [3.8, 4) is 0 Å². The second-order valence-electron chi connectivity index (χ2n) is 6.22. The van der Waals surface area contributed by atoms with E-state index in [2.05, 4.69) is 38.1 Å². The number of rotatable bonds is 4. The van der Waals surface area contributed by atoms with Gasteiger partial charge >= 0.3 is 0 Å². The molecule has 0 aliphatic heterocycles. The maximum absolute atomic E-state index is 12.1. The van der Waals surface area contributed by atoms with Crippen LogP contribution in [0, 0.1) is 10.5 Å². The number of nitrogens with zero attached hydrogens (tertiary/aromatic N) is 3. The Balaban J connectivity index is 1.98. The average Bonchev–Trinajstić information content (AvgIpc) is 2.81. The van der Waals surface area contributed by atoms with Gasteiger partial charge < -0.3 is 11.2 Å². The number of benzene rings is 1. The minimum atomic E-state index is -0.193. The number of thioether (sulfide) groups is 1. The number of carbonyl (C=O) groups is 1. The summed E-state index contributed by atoms with van der Waals surface area (Å²) >= 11 is 3.51. The molecule has 0 saturated carbocycles.